The van der Waals surface area contributed by atoms with Crippen molar-refractivity contribution in [1.82, 2.24) is 14.9 Å². The van der Waals surface area contributed by atoms with Gasteiger partial charge in [0.2, 0.25) is 0 Å². The highest BCUT2D eigenvalue weighted by Crippen LogP contribution is 2.42. The number of aromatic nitrogens is 2. The fraction of sp³-hybridized carbons (Fsp3) is 0.158. The molecule has 0 bridgehead atoms. The molecule has 30 heavy (non-hydrogen) atoms. The summed E-state index contributed by atoms with van der Waals surface area (Å²) in [7, 11) is 1.34. The number of nitrogens with zero attached hydrogens (tertiary/aromatic N) is 4. The van der Waals surface area contributed by atoms with E-state index in [0.29, 0.717) is 11.3 Å². The monoisotopic (exact) mass is 435 g/mol. The number of rotatable bonds is 3. The van der Waals surface area contributed by atoms with Gasteiger partial charge >= 0.3 is 6.18 Å². The number of hydrogen-bond acceptors (Lipinski definition) is 6. The molecule has 1 aliphatic heterocycles. The van der Waals surface area contributed by atoms with Crippen molar-refractivity contribution in [3.63, 3.8) is 0 Å². The number of carbonyl (C=O) groups excluding carboxylic acids is 1. The van der Waals surface area contributed by atoms with Crippen LogP contribution in [-0.2, 0) is 16.5 Å². The van der Waals surface area contributed by atoms with Crippen molar-refractivity contribution >= 4 is 23.2 Å². The summed E-state index contributed by atoms with van der Waals surface area (Å²) in [6, 6.07) is 5.70. The SMILES string of the molecule is CN1C(=O)C(c2cc(F)cc(-c3cscn3)c2)(c2ccnc(C(F)(F)F)c2)N=C1N. The van der Waals surface area contributed by atoms with Crippen molar-refractivity contribution in [2.24, 2.45) is 10.7 Å². The lowest BCUT2D eigenvalue weighted by Crippen LogP contribution is -2.41. The van der Waals surface area contributed by atoms with Gasteiger partial charge in [-0.25, -0.2) is 14.4 Å². The lowest BCUT2D eigenvalue weighted by molar-refractivity contribution is -0.141. The van der Waals surface area contributed by atoms with Gasteiger partial charge in [0.25, 0.3) is 5.91 Å². The summed E-state index contributed by atoms with van der Waals surface area (Å²) in [4.78, 5) is 25.9. The zero-order valence-corrected chi connectivity index (χ0v) is 16.1. The minimum absolute atomic E-state index is 0.0297. The molecule has 0 fully saturated rings. The first-order valence-corrected chi connectivity index (χ1v) is 9.44. The van der Waals surface area contributed by atoms with Gasteiger partial charge in [-0.3, -0.25) is 14.7 Å². The molecule has 2 N–H and O–H groups in total. The minimum Gasteiger partial charge on any atom is -0.369 e. The van der Waals surface area contributed by atoms with Crippen LogP contribution in [0.1, 0.15) is 16.8 Å². The third-order valence-electron chi connectivity index (χ3n) is 4.75. The van der Waals surface area contributed by atoms with Crippen molar-refractivity contribution in [3.05, 3.63) is 70.1 Å². The van der Waals surface area contributed by atoms with Gasteiger partial charge in [0.15, 0.2) is 11.5 Å². The number of aliphatic imine (C=N–C) groups is 1. The molecule has 1 amide bonds. The van der Waals surface area contributed by atoms with Crippen LogP contribution >= 0.6 is 11.3 Å². The van der Waals surface area contributed by atoms with Crippen LogP contribution in [0.15, 0.2) is 52.4 Å². The van der Waals surface area contributed by atoms with E-state index in [0.717, 1.165) is 23.2 Å². The Bertz CT molecular complexity index is 1160. The fourth-order valence-corrected chi connectivity index (χ4v) is 3.86. The summed E-state index contributed by atoms with van der Waals surface area (Å²) in [5, 5.41) is 1.68. The molecular formula is C19H13F4N5OS. The van der Waals surface area contributed by atoms with Gasteiger partial charge in [-0.2, -0.15) is 13.2 Å². The van der Waals surface area contributed by atoms with Crippen molar-refractivity contribution in [2.45, 2.75) is 11.7 Å². The van der Waals surface area contributed by atoms with Crippen molar-refractivity contribution < 1.29 is 22.4 Å². The molecular weight excluding hydrogens is 422 g/mol. The van der Waals surface area contributed by atoms with Gasteiger partial charge in [-0.1, -0.05) is 0 Å². The highest BCUT2D eigenvalue weighted by molar-refractivity contribution is 7.07. The Morgan fingerprint density at radius 3 is 2.50 bits per heavy atom. The number of pyridine rings is 1. The van der Waals surface area contributed by atoms with Gasteiger partial charge in [0, 0.05) is 24.2 Å². The first-order valence-electron chi connectivity index (χ1n) is 8.50. The zero-order valence-electron chi connectivity index (χ0n) is 15.3. The molecule has 3 heterocycles. The summed E-state index contributed by atoms with van der Waals surface area (Å²) in [5.41, 5.74) is 4.90. The molecule has 154 valence electrons. The molecule has 2 aromatic heterocycles. The van der Waals surface area contributed by atoms with E-state index in [9.17, 15) is 22.4 Å². The minimum atomic E-state index is -4.74. The first kappa shape index (κ1) is 20.0. The van der Waals surface area contributed by atoms with E-state index in [4.69, 9.17) is 5.73 Å². The lowest BCUT2D eigenvalue weighted by Gasteiger charge is -2.27. The Morgan fingerprint density at radius 1 is 1.13 bits per heavy atom. The molecule has 1 unspecified atom stereocenters. The Labute approximate surface area is 171 Å². The van der Waals surface area contributed by atoms with Crippen LogP contribution in [0.3, 0.4) is 0 Å². The molecule has 3 aromatic rings. The number of amides is 1. The summed E-state index contributed by atoms with van der Waals surface area (Å²) in [5.74, 6) is -1.62. The number of guanidine groups is 1. The van der Waals surface area contributed by atoms with Crippen LogP contribution in [0.25, 0.3) is 11.3 Å². The van der Waals surface area contributed by atoms with E-state index in [1.165, 1.54) is 36.6 Å². The highest BCUT2D eigenvalue weighted by atomic mass is 32.1. The number of carbonyl (C=O) groups is 1. The molecule has 11 heteroatoms. The quantitative estimate of drug-likeness (QED) is 0.640. The number of nitrogens with two attached hydrogens (primary N) is 1. The average molecular weight is 435 g/mol. The van der Waals surface area contributed by atoms with E-state index >= 15 is 0 Å². The Balaban J connectivity index is 2.00. The second kappa shape index (κ2) is 6.87. The zero-order chi connectivity index (χ0) is 21.7. The molecule has 4 rings (SSSR count). The van der Waals surface area contributed by atoms with Gasteiger partial charge in [-0.05, 0) is 41.5 Å². The Kier molecular flexibility index (Phi) is 4.57. The van der Waals surface area contributed by atoms with Crippen LogP contribution in [0.5, 0.6) is 0 Å². The molecule has 0 radical (unpaired) electrons. The van der Waals surface area contributed by atoms with Gasteiger partial charge in [0.1, 0.15) is 11.5 Å². The maximum Gasteiger partial charge on any atom is 0.433 e. The van der Waals surface area contributed by atoms with E-state index in [-0.39, 0.29) is 17.1 Å². The van der Waals surface area contributed by atoms with E-state index in [1.807, 2.05) is 0 Å². The molecule has 1 atom stereocenters. The van der Waals surface area contributed by atoms with E-state index in [2.05, 4.69) is 15.0 Å². The number of halogens is 4. The maximum atomic E-state index is 14.5. The first-order chi connectivity index (χ1) is 14.1. The van der Waals surface area contributed by atoms with E-state index in [1.54, 1.807) is 10.9 Å². The van der Waals surface area contributed by atoms with E-state index < -0.39 is 29.1 Å². The normalized spacial score (nSPS) is 19.3. The smallest absolute Gasteiger partial charge is 0.369 e. The maximum absolute atomic E-state index is 14.5. The predicted molar refractivity (Wildman–Crippen MR) is 102 cm³/mol. The summed E-state index contributed by atoms with van der Waals surface area (Å²) >= 11 is 1.29. The van der Waals surface area contributed by atoms with Gasteiger partial charge in [-0.15, -0.1) is 11.3 Å². The number of benzene rings is 1. The number of hydrogen-bond donors (Lipinski definition) is 1. The van der Waals surface area contributed by atoms with Crippen LogP contribution in [0.2, 0.25) is 0 Å². The van der Waals surface area contributed by atoms with Crippen LogP contribution in [0.4, 0.5) is 17.6 Å². The van der Waals surface area contributed by atoms with Crippen LogP contribution in [-0.4, -0.2) is 33.8 Å². The molecule has 0 spiro atoms. The molecule has 0 saturated heterocycles. The second-order valence-corrected chi connectivity index (χ2v) is 7.29. The average Bonchev–Trinajstić information content (AvgIpc) is 3.31. The number of thiazole rings is 1. The third-order valence-corrected chi connectivity index (χ3v) is 5.34. The number of alkyl halides is 3. The summed E-state index contributed by atoms with van der Waals surface area (Å²) in [6.45, 7) is 0. The standard InChI is InChI=1S/C19H13F4N5OS/c1-28-16(29)18(27-17(28)24,11-2-3-25-15(7-11)19(21,22)23)12-4-10(5-13(20)6-12)14-8-30-9-26-14/h2-9H,1H3,(H2,24,27). The third kappa shape index (κ3) is 3.11. The van der Waals surface area contributed by atoms with Crippen molar-refractivity contribution in [1.29, 1.82) is 0 Å². The van der Waals surface area contributed by atoms with Gasteiger partial charge in [0.05, 0.1) is 11.2 Å². The Morgan fingerprint density at radius 2 is 1.90 bits per heavy atom. The largest absolute Gasteiger partial charge is 0.433 e. The second-order valence-electron chi connectivity index (χ2n) is 6.57. The number of likely N-dealkylation sites (N-methyl/N-ethyl adjacent to an activating group) is 1. The topological polar surface area (TPSA) is 84.5 Å². The van der Waals surface area contributed by atoms with Crippen molar-refractivity contribution in [2.75, 3.05) is 7.05 Å². The molecule has 0 aliphatic carbocycles. The predicted octanol–water partition coefficient (Wildman–Crippen LogP) is 3.39. The highest BCUT2D eigenvalue weighted by Gasteiger charge is 2.50. The molecule has 1 aromatic carbocycles. The molecule has 6 nitrogen and oxygen atoms in total. The van der Waals surface area contributed by atoms with Crippen LogP contribution < -0.4 is 5.73 Å². The molecule has 1 aliphatic rings. The Hall–Kier alpha value is -3.34. The fourth-order valence-electron chi connectivity index (χ4n) is 3.30. The lowest BCUT2D eigenvalue weighted by atomic mass is 9.82. The van der Waals surface area contributed by atoms with Crippen molar-refractivity contribution in [3.8, 4) is 11.3 Å². The molecule has 0 saturated carbocycles. The van der Waals surface area contributed by atoms with Gasteiger partial charge < -0.3 is 5.73 Å². The van der Waals surface area contributed by atoms with Crippen LogP contribution in [0, 0.1) is 5.82 Å². The summed E-state index contributed by atoms with van der Waals surface area (Å²) < 4.78 is 54.3. The summed E-state index contributed by atoms with van der Waals surface area (Å²) in [6.07, 6.45) is -3.81.